The van der Waals surface area contributed by atoms with Gasteiger partial charge in [0.15, 0.2) is 5.69 Å². The molecule has 3 aromatic rings. The molecule has 0 spiro atoms. The number of sulfonamides is 1. The van der Waals surface area contributed by atoms with E-state index in [1.807, 2.05) is 0 Å². The molecular weight excluding hydrogens is 468 g/mol. The Hall–Kier alpha value is -3.19. The van der Waals surface area contributed by atoms with Crippen LogP contribution in [-0.2, 0) is 10.0 Å². The van der Waals surface area contributed by atoms with Crippen LogP contribution in [0.15, 0.2) is 47.4 Å². The number of hydrogen-bond acceptors (Lipinski definition) is 6. The lowest BCUT2D eigenvalue weighted by Gasteiger charge is -2.13. The third kappa shape index (κ3) is 4.94. The number of hydrogen-bond donors (Lipinski definition) is 1. The Labute approximate surface area is 177 Å². The monoisotopic (exact) mass is 478 g/mol. The molecule has 31 heavy (non-hydrogen) atoms. The second-order valence-electron chi connectivity index (χ2n) is 5.96. The van der Waals surface area contributed by atoms with E-state index in [1.54, 1.807) is 4.72 Å². The van der Waals surface area contributed by atoms with Crippen LogP contribution < -0.4 is 9.46 Å². The average molecular weight is 479 g/mol. The Morgan fingerprint density at radius 1 is 1.19 bits per heavy atom. The lowest BCUT2D eigenvalue weighted by atomic mass is 10.3. The minimum absolute atomic E-state index is 0.0426. The summed E-state index contributed by atoms with van der Waals surface area (Å²) in [7, 11) is -4.77. The molecule has 0 bridgehead atoms. The summed E-state index contributed by atoms with van der Waals surface area (Å²) >= 11 is 5.95. The van der Waals surface area contributed by atoms with Crippen molar-refractivity contribution in [2.75, 3.05) is 0 Å². The van der Waals surface area contributed by atoms with Crippen LogP contribution in [0.25, 0.3) is 5.69 Å². The van der Waals surface area contributed by atoms with E-state index in [4.69, 9.17) is 11.6 Å². The van der Waals surface area contributed by atoms with Crippen molar-refractivity contribution >= 4 is 27.5 Å². The van der Waals surface area contributed by atoms with Crippen LogP contribution in [0.1, 0.15) is 16.2 Å². The van der Waals surface area contributed by atoms with Gasteiger partial charge in [0.1, 0.15) is 16.5 Å². The van der Waals surface area contributed by atoms with E-state index < -0.39 is 44.4 Å². The molecule has 1 amide bonds. The molecule has 0 saturated heterocycles. The number of carbonyl (C=O) groups excluding carboxylic acids is 1. The summed E-state index contributed by atoms with van der Waals surface area (Å²) in [5.41, 5.74) is -0.238. The predicted octanol–water partition coefficient (Wildman–Crippen LogP) is 3.39. The Morgan fingerprint density at radius 2 is 1.87 bits per heavy atom. The molecule has 1 aromatic heterocycles. The summed E-state index contributed by atoms with van der Waals surface area (Å²) in [6, 6.07) is 7.25. The van der Waals surface area contributed by atoms with E-state index in [0.717, 1.165) is 41.1 Å². The molecule has 3 rings (SSSR count). The number of halogens is 5. The van der Waals surface area contributed by atoms with Crippen molar-refractivity contribution in [3.63, 3.8) is 0 Å². The standard InChI is InChI=1S/C17H11ClF4N4O4S/c1-9-15(23-25-26(9)12-7-6-10(19)8-11(12)18)16(27)24-31(28,29)14-5-3-2-4-13(14)30-17(20,21)22/h2-8H,1H3,(H,24,27). The molecule has 2 aromatic carbocycles. The number of benzene rings is 2. The molecule has 0 unspecified atom stereocenters. The van der Waals surface area contributed by atoms with Gasteiger partial charge in [0, 0.05) is 0 Å². The van der Waals surface area contributed by atoms with E-state index >= 15 is 0 Å². The van der Waals surface area contributed by atoms with E-state index in [1.165, 1.54) is 13.0 Å². The number of alkyl halides is 3. The highest BCUT2D eigenvalue weighted by Crippen LogP contribution is 2.29. The highest BCUT2D eigenvalue weighted by molar-refractivity contribution is 7.90. The number of carbonyl (C=O) groups is 1. The van der Waals surface area contributed by atoms with Crippen molar-refractivity contribution in [2.24, 2.45) is 0 Å². The normalized spacial score (nSPS) is 11.9. The highest BCUT2D eigenvalue weighted by atomic mass is 35.5. The molecule has 0 fully saturated rings. The minimum atomic E-state index is -5.15. The van der Waals surface area contributed by atoms with Crippen LogP contribution in [0.2, 0.25) is 5.02 Å². The number of para-hydroxylation sites is 1. The summed E-state index contributed by atoms with van der Waals surface area (Å²) in [6.07, 6.45) is -5.15. The number of ether oxygens (including phenoxy) is 1. The second kappa shape index (κ2) is 8.15. The summed E-state index contributed by atoms with van der Waals surface area (Å²) in [4.78, 5) is 11.6. The van der Waals surface area contributed by atoms with Gasteiger partial charge in [0.25, 0.3) is 15.9 Å². The Morgan fingerprint density at radius 3 is 2.52 bits per heavy atom. The predicted molar refractivity (Wildman–Crippen MR) is 98.8 cm³/mol. The third-order valence-electron chi connectivity index (χ3n) is 3.84. The molecule has 0 saturated carbocycles. The SMILES string of the molecule is Cc1c(C(=O)NS(=O)(=O)c2ccccc2OC(F)(F)F)nnn1-c1ccc(F)cc1Cl. The van der Waals surface area contributed by atoms with Crippen LogP contribution in [0.5, 0.6) is 5.75 Å². The molecule has 8 nitrogen and oxygen atoms in total. The third-order valence-corrected chi connectivity index (χ3v) is 5.51. The molecule has 164 valence electrons. The van der Waals surface area contributed by atoms with Crippen molar-refractivity contribution in [2.45, 2.75) is 18.2 Å². The van der Waals surface area contributed by atoms with Crippen LogP contribution in [0.3, 0.4) is 0 Å². The molecule has 0 aliphatic carbocycles. The highest BCUT2D eigenvalue weighted by Gasteiger charge is 2.34. The van der Waals surface area contributed by atoms with Gasteiger partial charge in [-0.1, -0.05) is 28.9 Å². The van der Waals surface area contributed by atoms with Gasteiger partial charge in [-0.25, -0.2) is 22.2 Å². The lowest BCUT2D eigenvalue weighted by Crippen LogP contribution is -2.32. The number of rotatable bonds is 5. The van der Waals surface area contributed by atoms with Gasteiger partial charge in [0.05, 0.1) is 16.4 Å². The van der Waals surface area contributed by atoms with Crippen LogP contribution >= 0.6 is 11.6 Å². The summed E-state index contributed by atoms with van der Waals surface area (Å²) in [5, 5.41) is 7.23. The van der Waals surface area contributed by atoms with E-state index in [2.05, 4.69) is 15.0 Å². The van der Waals surface area contributed by atoms with Crippen LogP contribution in [0, 0.1) is 12.7 Å². The molecule has 0 aliphatic rings. The van der Waals surface area contributed by atoms with E-state index in [9.17, 15) is 30.8 Å². The zero-order chi connectivity index (χ0) is 23.0. The molecule has 0 aliphatic heterocycles. The molecule has 1 heterocycles. The van der Waals surface area contributed by atoms with Crippen molar-refractivity contribution in [3.8, 4) is 11.4 Å². The average Bonchev–Trinajstić information content (AvgIpc) is 3.02. The first-order valence-electron chi connectivity index (χ1n) is 8.19. The van der Waals surface area contributed by atoms with Gasteiger partial charge in [-0.15, -0.1) is 18.3 Å². The lowest BCUT2D eigenvalue weighted by molar-refractivity contribution is -0.275. The quantitative estimate of drug-likeness (QED) is 0.564. The van der Waals surface area contributed by atoms with E-state index in [-0.39, 0.29) is 16.4 Å². The topological polar surface area (TPSA) is 103 Å². The summed E-state index contributed by atoms with van der Waals surface area (Å²) in [6.45, 7) is 1.36. The number of nitrogens with zero attached hydrogens (tertiary/aromatic N) is 3. The van der Waals surface area contributed by atoms with Crippen molar-refractivity contribution in [1.82, 2.24) is 19.7 Å². The molecule has 14 heteroatoms. The molecule has 0 atom stereocenters. The van der Waals surface area contributed by atoms with Gasteiger partial charge in [-0.3, -0.25) is 4.79 Å². The summed E-state index contributed by atoms with van der Waals surface area (Å²) < 4.78 is 82.3. The van der Waals surface area contributed by atoms with Gasteiger partial charge >= 0.3 is 6.36 Å². The fourth-order valence-corrected chi connectivity index (χ4v) is 3.86. The van der Waals surface area contributed by atoms with Gasteiger partial charge in [-0.05, 0) is 37.3 Å². The zero-order valence-electron chi connectivity index (χ0n) is 15.3. The first-order chi connectivity index (χ1) is 14.4. The maximum absolute atomic E-state index is 13.2. The maximum atomic E-state index is 13.2. The number of amides is 1. The minimum Gasteiger partial charge on any atom is -0.404 e. The number of nitrogens with one attached hydrogen (secondary N) is 1. The van der Waals surface area contributed by atoms with Crippen molar-refractivity contribution < 1.29 is 35.5 Å². The first-order valence-corrected chi connectivity index (χ1v) is 10.0. The van der Waals surface area contributed by atoms with Crippen molar-refractivity contribution in [3.05, 3.63) is 64.7 Å². The fourth-order valence-electron chi connectivity index (χ4n) is 2.53. The van der Waals surface area contributed by atoms with Gasteiger partial charge in [0.2, 0.25) is 0 Å². The van der Waals surface area contributed by atoms with Crippen LogP contribution in [0.4, 0.5) is 17.6 Å². The van der Waals surface area contributed by atoms with Gasteiger partial charge < -0.3 is 4.74 Å². The first kappa shape index (κ1) is 22.5. The van der Waals surface area contributed by atoms with Crippen molar-refractivity contribution in [1.29, 1.82) is 0 Å². The van der Waals surface area contributed by atoms with Crippen LogP contribution in [-0.4, -0.2) is 35.7 Å². The number of aromatic nitrogens is 3. The Bertz CT molecular complexity index is 1260. The molecule has 1 N–H and O–H groups in total. The molecule has 0 radical (unpaired) electrons. The van der Waals surface area contributed by atoms with Gasteiger partial charge in [-0.2, -0.15) is 0 Å². The maximum Gasteiger partial charge on any atom is 0.573 e. The Kier molecular flexibility index (Phi) is 5.91. The fraction of sp³-hybridized carbons (Fsp3) is 0.118. The molecular formula is C17H11ClF4N4O4S. The Balaban J connectivity index is 1.92. The zero-order valence-corrected chi connectivity index (χ0v) is 16.9. The largest absolute Gasteiger partial charge is 0.573 e. The summed E-state index contributed by atoms with van der Waals surface area (Å²) in [5.74, 6) is -2.90. The van der Waals surface area contributed by atoms with E-state index in [0.29, 0.717) is 0 Å². The second-order valence-corrected chi connectivity index (χ2v) is 8.02. The smallest absolute Gasteiger partial charge is 0.404 e.